The van der Waals surface area contributed by atoms with Crippen LogP contribution in [0.25, 0.3) is 0 Å². The van der Waals surface area contributed by atoms with E-state index < -0.39 is 0 Å². The summed E-state index contributed by atoms with van der Waals surface area (Å²) < 4.78 is 10.7. The van der Waals surface area contributed by atoms with Crippen LogP contribution in [-0.2, 0) is 9.47 Å². The van der Waals surface area contributed by atoms with Gasteiger partial charge < -0.3 is 15.2 Å². The van der Waals surface area contributed by atoms with Crippen molar-refractivity contribution in [3.8, 4) is 0 Å². The minimum atomic E-state index is 0.0127. The standard InChI is InChI=1S/C10H13NO2/c11-6-8-3-1-2-4-9-5-10(8)13-7-12-9/h2-5,10H,1,6-7,11H2/b4-2-,8-3-. The molecule has 2 aliphatic rings. The molecule has 0 amide bonds. The van der Waals surface area contributed by atoms with E-state index in [1.54, 1.807) is 0 Å². The number of rotatable bonds is 1. The van der Waals surface area contributed by atoms with Crippen molar-refractivity contribution in [3.63, 3.8) is 0 Å². The van der Waals surface area contributed by atoms with E-state index >= 15 is 0 Å². The van der Waals surface area contributed by atoms with Crippen molar-refractivity contribution in [1.82, 2.24) is 0 Å². The molecule has 2 N–H and O–H groups in total. The highest BCUT2D eigenvalue weighted by Crippen LogP contribution is 2.19. The topological polar surface area (TPSA) is 44.5 Å². The van der Waals surface area contributed by atoms with Crippen molar-refractivity contribution < 1.29 is 9.47 Å². The summed E-state index contributed by atoms with van der Waals surface area (Å²) in [7, 11) is 0. The molecule has 1 unspecified atom stereocenters. The molecule has 1 aliphatic heterocycles. The highest BCUT2D eigenvalue weighted by molar-refractivity contribution is 5.27. The van der Waals surface area contributed by atoms with Crippen LogP contribution >= 0.6 is 0 Å². The second-order valence-electron chi connectivity index (χ2n) is 3.04. The van der Waals surface area contributed by atoms with Gasteiger partial charge >= 0.3 is 0 Å². The molecule has 1 aliphatic carbocycles. The number of allylic oxidation sites excluding steroid dienone is 3. The lowest BCUT2D eigenvalue weighted by Crippen LogP contribution is -2.25. The average molecular weight is 179 g/mol. The molecular formula is C10H13NO2. The Hall–Kier alpha value is -1.06. The highest BCUT2D eigenvalue weighted by atomic mass is 16.7. The van der Waals surface area contributed by atoms with E-state index in [4.69, 9.17) is 15.2 Å². The van der Waals surface area contributed by atoms with E-state index in [0.29, 0.717) is 13.3 Å². The average Bonchev–Trinajstić information content (AvgIpc) is 2.16. The van der Waals surface area contributed by atoms with Crippen molar-refractivity contribution in [3.05, 3.63) is 35.6 Å². The second-order valence-corrected chi connectivity index (χ2v) is 3.04. The van der Waals surface area contributed by atoms with E-state index in [1.165, 1.54) is 0 Å². The fourth-order valence-electron chi connectivity index (χ4n) is 1.46. The van der Waals surface area contributed by atoms with Crippen LogP contribution in [0.2, 0.25) is 0 Å². The molecule has 0 aromatic heterocycles. The lowest BCUT2D eigenvalue weighted by molar-refractivity contribution is -0.0543. The Kier molecular flexibility index (Phi) is 2.47. The fourth-order valence-corrected chi connectivity index (χ4v) is 1.46. The lowest BCUT2D eigenvalue weighted by atomic mass is 10.0. The Balaban J connectivity index is 2.28. The van der Waals surface area contributed by atoms with E-state index in [2.05, 4.69) is 12.2 Å². The Morgan fingerprint density at radius 1 is 1.54 bits per heavy atom. The van der Waals surface area contributed by atoms with Crippen LogP contribution in [-0.4, -0.2) is 19.4 Å². The van der Waals surface area contributed by atoms with E-state index in [9.17, 15) is 0 Å². The number of hydrogen-bond acceptors (Lipinski definition) is 3. The molecule has 2 bridgehead atoms. The largest absolute Gasteiger partial charge is 0.468 e. The lowest BCUT2D eigenvalue weighted by Gasteiger charge is -2.24. The van der Waals surface area contributed by atoms with Gasteiger partial charge in [-0.3, -0.25) is 0 Å². The maximum Gasteiger partial charge on any atom is 0.190 e. The van der Waals surface area contributed by atoms with Crippen LogP contribution in [0.4, 0.5) is 0 Å². The third-order valence-corrected chi connectivity index (χ3v) is 2.19. The second kappa shape index (κ2) is 3.77. The van der Waals surface area contributed by atoms with Gasteiger partial charge in [0.25, 0.3) is 0 Å². The van der Waals surface area contributed by atoms with Crippen LogP contribution in [0, 0.1) is 0 Å². The molecule has 0 radical (unpaired) electrons. The highest BCUT2D eigenvalue weighted by Gasteiger charge is 2.17. The predicted octanol–water partition coefficient (Wildman–Crippen LogP) is 1.09. The normalized spacial score (nSPS) is 33.2. The smallest absolute Gasteiger partial charge is 0.190 e. The third kappa shape index (κ3) is 1.82. The van der Waals surface area contributed by atoms with Gasteiger partial charge in [0.15, 0.2) is 6.79 Å². The van der Waals surface area contributed by atoms with Crippen LogP contribution in [0.1, 0.15) is 6.42 Å². The van der Waals surface area contributed by atoms with Crippen molar-refractivity contribution in [2.75, 3.05) is 13.3 Å². The van der Waals surface area contributed by atoms with Crippen LogP contribution in [0.3, 0.4) is 0 Å². The summed E-state index contributed by atoms with van der Waals surface area (Å²) >= 11 is 0. The zero-order valence-electron chi connectivity index (χ0n) is 7.40. The third-order valence-electron chi connectivity index (χ3n) is 2.19. The molecular weight excluding hydrogens is 166 g/mol. The molecule has 70 valence electrons. The monoisotopic (exact) mass is 179 g/mol. The van der Waals surface area contributed by atoms with Gasteiger partial charge in [0, 0.05) is 6.54 Å². The van der Waals surface area contributed by atoms with Gasteiger partial charge in [-0.1, -0.05) is 12.2 Å². The van der Waals surface area contributed by atoms with Crippen molar-refractivity contribution in [2.45, 2.75) is 12.5 Å². The SMILES string of the molecule is NC/C1=C/C/C=C\C2=CC1OCO2. The van der Waals surface area contributed by atoms with Gasteiger partial charge in [0.05, 0.1) is 0 Å². The first-order chi connectivity index (χ1) is 6.40. The maximum absolute atomic E-state index is 5.62. The van der Waals surface area contributed by atoms with Gasteiger partial charge in [-0.2, -0.15) is 0 Å². The van der Waals surface area contributed by atoms with E-state index in [0.717, 1.165) is 17.8 Å². The van der Waals surface area contributed by atoms with E-state index in [-0.39, 0.29) is 6.10 Å². The Labute approximate surface area is 77.5 Å². The Morgan fingerprint density at radius 3 is 3.31 bits per heavy atom. The quantitative estimate of drug-likeness (QED) is 0.613. The summed E-state index contributed by atoms with van der Waals surface area (Å²) in [5.41, 5.74) is 6.75. The van der Waals surface area contributed by atoms with Gasteiger partial charge in [-0.25, -0.2) is 0 Å². The molecule has 0 saturated heterocycles. The first-order valence-electron chi connectivity index (χ1n) is 4.42. The zero-order valence-corrected chi connectivity index (χ0v) is 7.40. The van der Waals surface area contributed by atoms with Gasteiger partial charge in [-0.05, 0) is 24.1 Å². The number of hydrogen-bond donors (Lipinski definition) is 1. The fraction of sp³-hybridized carbons (Fsp3) is 0.400. The molecule has 3 heteroatoms. The summed E-state index contributed by atoms with van der Waals surface area (Å²) in [6.07, 6.45) is 9.01. The zero-order chi connectivity index (χ0) is 9.10. The minimum Gasteiger partial charge on any atom is -0.468 e. The van der Waals surface area contributed by atoms with Gasteiger partial charge in [0.1, 0.15) is 11.9 Å². The Morgan fingerprint density at radius 2 is 2.46 bits per heavy atom. The number of nitrogens with two attached hydrogens (primary N) is 1. The molecule has 3 nitrogen and oxygen atoms in total. The van der Waals surface area contributed by atoms with E-state index in [1.807, 2.05) is 12.2 Å². The maximum atomic E-state index is 5.62. The summed E-state index contributed by atoms with van der Waals surface area (Å²) in [4.78, 5) is 0. The van der Waals surface area contributed by atoms with Gasteiger partial charge in [-0.15, -0.1) is 0 Å². The number of fused-ring (bicyclic) bond motifs is 1. The van der Waals surface area contributed by atoms with Crippen molar-refractivity contribution >= 4 is 0 Å². The molecule has 2 rings (SSSR count). The summed E-state index contributed by atoms with van der Waals surface area (Å²) in [5.74, 6) is 0.885. The van der Waals surface area contributed by atoms with Gasteiger partial charge in [0.2, 0.25) is 0 Å². The summed E-state index contributed by atoms with van der Waals surface area (Å²) in [6.45, 7) is 0.862. The van der Waals surface area contributed by atoms with Crippen LogP contribution < -0.4 is 5.73 Å². The Bertz CT molecular complexity index is 279. The van der Waals surface area contributed by atoms with Crippen molar-refractivity contribution in [1.29, 1.82) is 0 Å². The summed E-state index contributed by atoms with van der Waals surface area (Å²) in [5, 5.41) is 0. The molecule has 0 fully saturated rings. The molecule has 1 atom stereocenters. The first kappa shape index (κ1) is 8.53. The first-order valence-corrected chi connectivity index (χ1v) is 4.42. The molecule has 0 aromatic carbocycles. The molecule has 13 heavy (non-hydrogen) atoms. The number of ether oxygens (including phenoxy) is 2. The summed E-state index contributed by atoms with van der Waals surface area (Å²) in [6, 6.07) is 0. The predicted molar refractivity (Wildman–Crippen MR) is 49.8 cm³/mol. The van der Waals surface area contributed by atoms with Crippen LogP contribution in [0.15, 0.2) is 35.6 Å². The molecule has 0 aromatic rings. The van der Waals surface area contributed by atoms with Crippen LogP contribution in [0.5, 0.6) is 0 Å². The molecule has 1 heterocycles. The molecule has 0 saturated carbocycles. The minimum absolute atomic E-state index is 0.0127. The molecule has 0 spiro atoms. The van der Waals surface area contributed by atoms with Crippen molar-refractivity contribution in [2.24, 2.45) is 5.73 Å².